The van der Waals surface area contributed by atoms with Crippen molar-refractivity contribution in [2.24, 2.45) is 7.05 Å². The van der Waals surface area contributed by atoms with Crippen LogP contribution in [0.4, 0.5) is 0 Å². The molecule has 0 amide bonds. The molecule has 3 nitrogen and oxygen atoms in total. The van der Waals surface area contributed by atoms with Gasteiger partial charge in [-0.2, -0.15) is 5.26 Å². The fourth-order valence-corrected chi connectivity index (χ4v) is 4.76. The van der Waals surface area contributed by atoms with Crippen molar-refractivity contribution < 1.29 is 8.98 Å². The van der Waals surface area contributed by atoms with E-state index in [-0.39, 0.29) is 5.41 Å². The Balaban J connectivity index is 1.99. The van der Waals surface area contributed by atoms with Gasteiger partial charge in [-0.3, -0.25) is 0 Å². The van der Waals surface area contributed by atoms with Crippen LogP contribution in [-0.4, -0.2) is 0 Å². The molecule has 0 bridgehead atoms. The number of hydrogen-bond acceptors (Lipinski definition) is 2. The van der Waals surface area contributed by atoms with Crippen LogP contribution in [0.2, 0.25) is 0 Å². The molecule has 0 aliphatic carbocycles. The van der Waals surface area contributed by atoms with Crippen molar-refractivity contribution in [3.63, 3.8) is 0 Å². The summed E-state index contributed by atoms with van der Waals surface area (Å²) in [5.41, 5.74) is 8.37. The molecule has 33 heavy (non-hydrogen) atoms. The van der Waals surface area contributed by atoms with Crippen LogP contribution in [0.5, 0.6) is 0 Å². The summed E-state index contributed by atoms with van der Waals surface area (Å²) in [7, 11) is 2.05. The van der Waals surface area contributed by atoms with Crippen LogP contribution >= 0.6 is 0 Å². The van der Waals surface area contributed by atoms with E-state index in [1.807, 2.05) is 43.6 Å². The number of furan rings is 1. The second-order valence-electron chi connectivity index (χ2n) is 9.71. The lowest BCUT2D eigenvalue weighted by atomic mass is 9.81. The van der Waals surface area contributed by atoms with Crippen molar-refractivity contribution in [3.8, 4) is 28.5 Å². The summed E-state index contributed by atoms with van der Waals surface area (Å²) in [6.45, 7) is 8.76. The molecular formula is C30H27N2O+. The van der Waals surface area contributed by atoms with Gasteiger partial charge in [0.2, 0.25) is 5.69 Å². The highest BCUT2D eigenvalue weighted by atomic mass is 16.3. The number of nitrogens with zero attached hydrogens (tertiary/aromatic N) is 2. The minimum absolute atomic E-state index is 0.130. The summed E-state index contributed by atoms with van der Waals surface area (Å²) in [5.74, 6) is 0. The summed E-state index contributed by atoms with van der Waals surface area (Å²) in [6, 6.07) is 25.2. The maximum absolute atomic E-state index is 10.3. The zero-order chi connectivity index (χ0) is 23.3. The third-order valence-electron chi connectivity index (χ3n) is 6.44. The molecule has 0 unspecified atom stereocenters. The van der Waals surface area contributed by atoms with E-state index >= 15 is 0 Å². The summed E-state index contributed by atoms with van der Waals surface area (Å²) >= 11 is 0. The molecule has 0 saturated carbocycles. The van der Waals surface area contributed by atoms with Crippen molar-refractivity contribution >= 4 is 21.9 Å². The minimum atomic E-state index is -0.130. The Morgan fingerprint density at radius 2 is 1.64 bits per heavy atom. The highest BCUT2D eigenvalue weighted by Crippen LogP contribution is 2.45. The molecule has 0 aliphatic rings. The van der Waals surface area contributed by atoms with Gasteiger partial charge in [-0.05, 0) is 41.2 Å². The molecule has 0 N–H and O–H groups in total. The molecule has 2 heterocycles. The topological polar surface area (TPSA) is 40.8 Å². The van der Waals surface area contributed by atoms with E-state index in [9.17, 15) is 5.26 Å². The summed E-state index contributed by atoms with van der Waals surface area (Å²) in [4.78, 5) is 0. The van der Waals surface area contributed by atoms with Gasteiger partial charge in [0.15, 0.2) is 11.8 Å². The fraction of sp³-hybridized carbons (Fsp3) is 0.200. The van der Waals surface area contributed by atoms with E-state index in [1.54, 1.807) is 0 Å². The first kappa shape index (κ1) is 21.0. The second kappa shape index (κ2) is 7.60. The molecule has 0 saturated heterocycles. The molecular weight excluding hydrogens is 404 g/mol. The number of benzene rings is 3. The van der Waals surface area contributed by atoms with Gasteiger partial charge >= 0.3 is 0 Å². The van der Waals surface area contributed by atoms with Crippen LogP contribution in [-0.2, 0) is 12.5 Å². The standard InChI is InChI=1S/C30H27N2O/c1-19-14-15-21-27-24(30(2,3)4)17-22(20-11-7-6-8-12-20)23(18-31)29(27)33-28(21)26(19)25-13-9-10-16-32(25)5/h6-17H,1-5H3/q+1. The van der Waals surface area contributed by atoms with Crippen molar-refractivity contribution in [1.82, 2.24) is 0 Å². The Bertz CT molecular complexity index is 1560. The lowest BCUT2D eigenvalue weighted by Gasteiger charge is -2.22. The minimum Gasteiger partial charge on any atom is -0.454 e. The van der Waals surface area contributed by atoms with Crippen LogP contribution in [0.3, 0.4) is 0 Å². The smallest absolute Gasteiger partial charge is 0.216 e. The second-order valence-corrected chi connectivity index (χ2v) is 9.71. The molecule has 0 aliphatic heterocycles. The molecule has 5 aromatic rings. The van der Waals surface area contributed by atoms with E-state index in [4.69, 9.17) is 4.42 Å². The third-order valence-corrected chi connectivity index (χ3v) is 6.44. The van der Waals surface area contributed by atoms with Crippen molar-refractivity contribution in [2.75, 3.05) is 0 Å². The Labute approximate surface area is 194 Å². The third kappa shape index (κ3) is 3.31. The van der Waals surface area contributed by atoms with E-state index < -0.39 is 0 Å². The van der Waals surface area contributed by atoms with Gasteiger partial charge in [-0.15, -0.1) is 0 Å². The Hall–Kier alpha value is -3.90. The lowest BCUT2D eigenvalue weighted by Crippen LogP contribution is -2.30. The maximum Gasteiger partial charge on any atom is 0.216 e. The van der Waals surface area contributed by atoms with Crippen molar-refractivity contribution in [1.29, 1.82) is 5.26 Å². The largest absolute Gasteiger partial charge is 0.454 e. The monoisotopic (exact) mass is 431 g/mol. The van der Waals surface area contributed by atoms with Crippen LogP contribution in [0.15, 0.2) is 77.3 Å². The van der Waals surface area contributed by atoms with Gasteiger partial charge < -0.3 is 4.42 Å². The Morgan fingerprint density at radius 3 is 2.30 bits per heavy atom. The average Bonchev–Trinajstić information content (AvgIpc) is 3.17. The predicted molar refractivity (Wildman–Crippen MR) is 134 cm³/mol. The molecule has 0 atom stereocenters. The van der Waals surface area contributed by atoms with E-state index in [2.05, 4.69) is 74.7 Å². The summed E-state index contributed by atoms with van der Waals surface area (Å²) in [5, 5.41) is 12.4. The van der Waals surface area contributed by atoms with Gasteiger partial charge in [-0.25, -0.2) is 4.57 Å². The van der Waals surface area contributed by atoms with Gasteiger partial charge in [0.05, 0.1) is 5.56 Å². The molecule has 3 heteroatoms. The van der Waals surface area contributed by atoms with E-state index in [0.717, 1.165) is 44.3 Å². The number of hydrogen-bond donors (Lipinski definition) is 0. The van der Waals surface area contributed by atoms with Crippen molar-refractivity contribution in [2.45, 2.75) is 33.1 Å². The molecule has 5 rings (SSSR count). The first-order valence-electron chi connectivity index (χ1n) is 11.2. The Kier molecular flexibility index (Phi) is 4.83. The molecule has 0 spiro atoms. The lowest BCUT2D eigenvalue weighted by molar-refractivity contribution is -0.660. The number of rotatable bonds is 2. The summed E-state index contributed by atoms with van der Waals surface area (Å²) in [6.07, 6.45) is 2.05. The quantitative estimate of drug-likeness (QED) is 0.277. The average molecular weight is 432 g/mol. The predicted octanol–water partition coefficient (Wildman–Crippen LogP) is 7.22. The zero-order valence-corrected chi connectivity index (χ0v) is 19.7. The highest BCUT2D eigenvalue weighted by molar-refractivity contribution is 6.14. The SMILES string of the molecule is Cc1ccc2c(oc3c(C#N)c(-c4ccccc4)cc(C(C)(C)C)c32)c1-c1cccc[n+]1C. The van der Waals surface area contributed by atoms with Gasteiger partial charge in [-0.1, -0.05) is 63.2 Å². The van der Waals surface area contributed by atoms with Crippen LogP contribution in [0.1, 0.15) is 37.5 Å². The number of fused-ring (bicyclic) bond motifs is 3. The van der Waals surface area contributed by atoms with Crippen LogP contribution in [0.25, 0.3) is 44.3 Å². The van der Waals surface area contributed by atoms with Crippen LogP contribution in [0, 0.1) is 18.3 Å². The van der Waals surface area contributed by atoms with Crippen LogP contribution < -0.4 is 4.57 Å². The molecule has 2 aromatic heterocycles. The normalized spacial score (nSPS) is 11.8. The van der Waals surface area contributed by atoms with Crippen molar-refractivity contribution in [3.05, 3.63) is 89.6 Å². The maximum atomic E-state index is 10.3. The number of pyridine rings is 1. The molecule has 162 valence electrons. The first-order chi connectivity index (χ1) is 15.8. The number of aromatic nitrogens is 1. The molecule has 0 fully saturated rings. The van der Waals surface area contributed by atoms with E-state index in [1.165, 1.54) is 5.56 Å². The van der Waals surface area contributed by atoms with E-state index in [0.29, 0.717) is 11.1 Å². The molecule has 0 radical (unpaired) electrons. The molecule has 3 aromatic carbocycles. The fourth-order valence-electron chi connectivity index (χ4n) is 4.76. The summed E-state index contributed by atoms with van der Waals surface area (Å²) < 4.78 is 8.77. The van der Waals surface area contributed by atoms with Gasteiger partial charge in [0.25, 0.3) is 0 Å². The van der Waals surface area contributed by atoms with Gasteiger partial charge in [0, 0.05) is 28.5 Å². The zero-order valence-electron chi connectivity index (χ0n) is 19.7. The number of aryl methyl sites for hydroxylation is 2. The Morgan fingerprint density at radius 1 is 0.909 bits per heavy atom. The highest BCUT2D eigenvalue weighted by Gasteiger charge is 2.28. The number of nitriles is 1. The van der Waals surface area contributed by atoms with Gasteiger partial charge in [0.1, 0.15) is 24.3 Å². The first-order valence-corrected chi connectivity index (χ1v) is 11.2.